The van der Waals surface area contributed by atoms with Gasteiger partial charge in [-0.25, -0.2) is 4.98 Å². The van der Waals surface area contributed by atoms with E-state index in [0.29, 0.717) is 12.3 Å². The zero-order valence-electron chi connectivity index (χ0n) is 15.5. The lowest BCUT2D eigenvalue weighted by atomic mass is 10.1. The first kappa shape index (κ1) is 19.0. The lowest BCUT2D eigenvalue weighted by molar-refractivity contribution is -0.113. The molecule has 0 unspecified atom stereocenters. The highest BCUT2D eigenvalue weighted by atomic mass is 32.2. The number of thioether (sulfide) groups is 1. The van der Waals surface area contributed by atoms with Crippen molar-refractivity contribution < 1.29 is 9.53 Å². The second kappa shape index (κ2) is 9.28. The minimum absolute atomic E-state index is 0.0453. The lowest BCUT2D eigenvalue weighted by Crippen LogP contribution is -2.14. The number of ether oxygens (including phenoxy) is 1. The molecule has 2 aromatic carbocycles. The number of methoxy groups -OCH3 is 1. The van der Waals surface area contributed by atoms with Crippen molar-refractivity contribution in [2.24, 2.45) is 0 Å². The number of para-hydroxylation sites is 1. The molecule has 3 aromatic rings. The molecule has 1 aromatic heterocycles. The molecule has 0 saturated heterocycles. The molecule has 6 heteroatoms. The number of nitrogens with one attached hydrogen (secondary N) is 1. The highest BCUT2D eigenvalue weighted by molar-refractivity contribution is 7.99. The summed E-state index contributed by atoms with van der Waals surface area (Å²) in [6, 6.07) is 15.8. The van der Waals surface area contributed by atoms with Gasteiger partial charge in [0.1, 0.15) is 5.75 Å². The summed E-state index contributed by atoms with van der Waals surface area (Å²) in [6.07, 6.45) is 4.65. The molecule has 1 amide bonds. The van der Waals surface area contributed by atoms with Crippen LogP contribution in [-0.2, 0) is 17.8 Å². The van der Waals surface area contributed by atoms with Crippen molar-refractivity contribution in [2.75, 3.05) is 18.2 Å². The smallest absolute Gasteiger partial charge is 0.234 e. The predicted molar refractivity (Wildman–Crippen MR) is 109 cm³/mol. The van der Waals surface area contributed by atoms with E-state index < -0.39 is 0 Å². The van der Waals surface area contributed by atoms with Gasteiger partial charge in [-0.05, 0) is 30.2 Å². The van der Waals surface area contributed by atoms with Crippen LogP contribution in [0.5, 0.6) is 5.75 Å². The molecule has 140 valence electrons. The van der Waals surface area contributed by atoms with Gasteiger partial charge in [0.2, 0.25) is 5.91 Å². The highest BCUT2D eigenvalue weighted by Crippen LogP contribution is 2.22. The Morgan fingerprint density at radius 1 is 1.19 bits per heavy atom. The Morgan fingerprint density at radius 2 is 1.96 bits per heavy atom. The molecule has 1 heterocycles. The Kier molecular flexibility index (Phi) is 6.54. The summed E-state index contributed by atoms with van der Waals surface area (Å²) in [6.45, 7) is 2.75. The average molecular weight is 382 g/mol. The van der Waals surface area contributed by atoms with Crippen LogP contribution >= 0.6 is 11.8 Å². The van der Waals surface area contributed by atoms with Gasteiger partial charge in [0.25, 0.3) is 0 Å². The third-order valence-corrected chi connectivity index (χ3v) is 5.19. The van der Waals surface area contributed by atoms with E-state index in [9.17, 15) is 4.79 Å². The maximum absolute atomic E-state index is 12.2. The van der Waals surface area contributed by atoms with E-state index in [1.165, 1.54) is 17.3 Å². The lowest BCUT2D eigenvalue weighted by Gasteiger charge is -2.11. The normalized spacial score (nSPS) is 10.6. The largest absolute Gasteiger partial charge is 0.496 e. The van der Waals surface area contributed by atoms with Gasteiger partial charge in [-0.1, -0.05) is 49.0 Å². The molecule has 5 nitrogen and oxygen atoms in total. The quantitative estimate of drug-likeness (QED) is 0.593. The van der Waals surface area contributed by atoms with Gasteiger partial charge in [-0.2, -0.15) is 0 Å². The van der Waals surface area contributed by atoms with Crippen LogP contribution in [0.3, 0.4) is 0 Å². The Hall–Kier alpha value is -2.73. The number of carbonyl (C=O) groups excluding carboxylic acids is 1. The molecule has 0 atom stereocenters. The monoisotopic (exact) mass is 381 g/mol. The number of amides is 1. The van der Waals surface area contributed by atoms with Crippen LogP contribution in [0.4, 0.5) is 5.69 Å². The number of benzene rings is 2. The van der Waals surface area contributed by atoms with Crippen LogP contribution in [0.15, 0.2) is 66.1 Å². The van der Waals surface area contributed by atoms with Gasteiger partial charge in [-0.15, -0.1) is 0 Å². The molecule has 0 saturated carbocycles. The van der Waals surface area contributed by atoms with E-state index in [1.54, 1.807) is 13.3 Å². The number of imidazole rings is 1. The van der Waals surface area contributed by atoms with E-state index in [4.69, 9.17) is 4.74 Å². The molecule has 0 fully saturated rings. The molecular formula is C21H23N3O2S. The number of anilines is 1. The Bertz CT molecular complexity index is 890. The van der Waals surface area contributed by atoms with Crippen molar-refractivity contribution in [2.45, 2.75) is 25.0 Å². The molecule has 0 radical (unpaired) electrons. The van der Waals surface area contributed by atoms with E-state index in [-0.39, 0.29) is 5.91 Å². The summed E-state index contributed by atoms with van der Waals surface area (Å²) in [4.78, 5) is 16.6. The highest BCUT2D eigenvalue weighted by Gasteiger charge is 2.10. The maximum Gasteiger partial charge on any atom is 0.234 e. The average Bonchev–Trinajstić information content (AvgIpc) is 3.14. The molecular weight excluding hydrogens is 358 g/mol. The Balaban J connectivity index is 1.58. The summed E-state index contributed by atoms with van der Waals surface area (Å²) >= 11 is 1.42. The first-order valence-corrected chi connectivity index (χ1v) is 9.82. The number of carbonyl (C=O) groups is 1. The van der Waals surface area contributed by atoms with Crippen molar-refractivity contribution in [1.29, 1.82) is 0 Å². The van der Waals surface area contributed by atoms with Crippen LogP contribution < -0.4 is 10.1 Å². The van der Waals surface area contributed by atoms with E-state index in [0.717, 1.165) is 28.6 Å². The fourth-order valence-electron chi connectivity index (χ4n) is 2.72. The van der Waals surface area contributed by atoms with Gasteiger partial charge in [0, 0.05) is 23.6 Å². The topological polar surface area (TPSA) is 56.2 Å². The number of aryl methyl sites for hydroxylation is 1. The summed E-state index contributed by atoms with van der Waals surface area (Å²) in [7, 11) is 1.67. The third-order valence-electron chi connectivity index (χ3n) is 4.19. The van der Waals surface area contributed by atoms with E-state index >= 15 is 0 Å². The number of aromatic nitrogens is 2. The van der Waals surface area contributed by atoms with Gasteiger partial charge in [-0.3, -0.25) is 4.79 Å². The standard InChI is InChI=1S/C21H23N3O2S/c1-3-16-8-10-18(11-9-16)23-20(25)15-27-21-22-12-13-24(21)14-17-6-4-5-7-19(17)26-2/h4-13H,3,14-15H2,1-2H3,(H,23,25). The summed E-state index contributed by atoms with van der Waals surface area (Å²) in [5.41, 5.74) is 3.14. The van der Waals surface area contributed by atoms with Crippen LogP contribution in [0, 0.1) is 0 Å². The molecule has 27 heavy (non-hydrogen) atoms. The molecule has 0 aliphatic heterocycles. The first-order chi connectivity index (χ1) is 13.2. The first-order valence-electron chi connectivity index (χ1n) is 8.84. The van der Waals surface area contributed by atoms with Crippen LogP contribution in [0.1, 0.15) is 18.1 Å². The van der Waals surface area contributed by atoms with Crippen molar-refractivity contribution in [3.05, 3.63) is 72.1 Å². The predicted octanol–water partition coefficient (Wildman–Crippen LogP) is 4.23. The van der Waals surface area contributed by atoms with Gasteiger partial charge < -0.3 is 14.6 Å². The fraction of sp³-hybridized carbons (Fsp3) is 0.238. The number of hydrogen-bond donors (Lipinski definition) is 1. The minimum atomic E-state index is -0.0453. The molecule has 3 rings (SSSR count). The van der Waals surface area contributed by atoms with Gasteiger partial charge in [0.15, 0.2) is 5.16 Å². The van der Waals surface area contributed by atoms with Gasteiger partial charge >= 0.3 is 0 Å². The molecule has 0 bridgehead atoms. The minimum Gasteiger partial charge on any atom is -0.496 e. The number of nitrogens with zero attached hydrogens (tertiary/aromatic N) is 2. The van der Waals surface area contributed by atoms with Crippen LogP contribution in [0.25, 0.3) is 0 Å². The molecule has 0 spiro atoms. The maximum atomic E-state index is 12.2. The van der Waals surface area contributed by atoms with Crippen molar-refractivity contribution >= 4 is 23.4 Å². The SMILES string of the molecule is CCc1ccc(NC(=O)CSc2nccn2Cc2ccccc2OC)cc1. The zero-order valence-corrected chi connectivity index (χ0v) is 16.3. The van der Waals surface area contributed by atoms with Gasteiger partial charge in [0.05, 0.1) is 19.4 Å². The van der Waals surface area contributed by atoms with Crippen molar-refractivity contribution in [1.82, 2.24) is 9.55 Å². The zero-order chi connectivity index (χ0) is 19.1. The summed E-state index contributed by atoms with van der Waals surface area (Å²) < 4.78 is 7.43. The van der Waals surface area contributed by atoms with Crippen LogP contribution in [-0.4, -0.2) is 28.3 Å². The molecule has 1 N–H and O–H groups in total. The Morgan fingerprint density at radius 3 is 2.70 bits per heavy atom. The van der Waals surface area contributed by atoms with Crippen molar-refractivity contribution in [3.8, 4) is 5.75 Å². The fourth-order valence-corrected chi connectivity index (χ4v) is 3.48. The summed E-state index contributed by atoms with van der Waals surface area (Å²) in [5, 5.41) is 3.73. The number of hydrogen-bond acceptors (Lipinski definition) is 4. The molecule has 0 aliphatic rings. The molecule has 0 aliphatic carbocycles. The van der Waals surface area contributed by atoms with E-state index in [1.807, 2.05) is 59.3 Å². The second-order valence-electron chi connectivity index (χ2n) is 6.04. The second-order valence-corrected chi connectivity index (χ2v) is 6.98. The van der Waals surface area contributed by atoms with E-state index in [2.05, 4.69) is 17.2 Å². The van der Waals surface area contributed by atoms with Crippen molar-refractivity contribution in [3.63, 3.8) is 0 Å². The van der Waals surface area contributed by atoms with Crippen LogP contribution in [0.2, 0.25) is 0 Å². The third kappa shape index (κ3) is 5.14. The Labute approximate surface area is 163 Å². The number of rotatable bonds is 8. The summed E-state index contributed by atoms with van der Waals surface area (Å²) in [5.74, 6) is 1.10.